The lowest BCUT2D eigenvalue weighted by Gasteiger charge is -2.50. The molecule has 3 aliphatic heterocycles. The second-order valence-corrected chi connectivity index (χ2v) is 25.0. The molecule has 11 aromatic rings. The minimum absolute atomic E-state index is 0.0124. The number of hydrogen-bond acceptors (Lipinski definition) is 5. The van der Waals surface area contributed by atoms with Crippen LogP contribution >= 0.6 is 22.7 Å². The number of nitrogens with zero attached hydrogens (tertiary/aromatic N) is 3. The number of rotatable bonds is 4. The quantitative estimate of drug-likeness (QED) is 0.163. The van der Waals surface area contributed by atoms with Crippen LogP contribution in [0.1, 0.15) is 77.0 Å². The number of benzene rings is 9. The van der Waals surface area contributed by atoms with Crippen LogP contribution in [0.15, 0.2) is 182 Å². The van der Waals surface area contributed by atoms with Crippen LogP contribution in [0.3, 0.4) is 0 Å². The van der Waals surface area contributed by atoms with Crippen LogP contribution in [0, 0.1) is 6.92 Å². The van der Waals surface area contributed by atoms with E-state index in [1.54, 1.807) is 0 Å². The molecule has 5 heterocycles. The molecule has 0 spiro atoms. The van der Waals surface area contributed by atoms with Gasteiger partial charge in [-0.3, -0.25) is 0 Å². The average molecular weight is 978 g/mol. The van der Waals surface area contributed by atoms with E-state index < -0.39 is 0 Å². The predicted octanol–water partition coefficient (Wildman–Crippen LogP) is 17.5. The summed E-state index contributed by atoms with van der Waals surface area (Å²) in [5.41, 5.74) is 20.7. The van der Waals surface area contributed by atoms with E-state index in [9.17, 15) is 0 Å². The standard InChI is InChI=1S/C67H56BN3S2/c1-41-35-57-64-58(36-41)70(55-21-16-24-61-63(55)49-20-11-13-23-60(49)72-61)54-31-25-43(42-17-8-7-9-18-42)37-52(54)68(64)51-30-28-46(39-56(51)69(57)45-27-29-48-47-19-10-12-22-59(47)73-62(48)40-45)71-53-32-26-44(65(2,3)4)38-50(53)66(5)33-14-15-34-67(66,71)6/h7-13,16-32,35-40H,14-15,33-34H2,1-6H3. The fourth-order valence-corrected chi connectivity index (χ4v) is 16.3. The molecule has 0 radical (unpaired) electrons. The monoisotopic (exact) mass is 977 g/mol. The Morgan fingerprint density at radius 2 is 1.16 bits per heavy atom. The Balaban J connectivity index is 1.02. The minimum atomic E-state index is -0.0924. The molecule has 1 saturated carbocycles. The van der Waals surface area contributed by atoms with Crippen LogP contribution in [-0.4, -0.2) is 12.3 Å². The molecule has 15 rings (SSSR count). The largest absolute Gasteiger partial charge is 0.334 e. The van der Waals surface area contributed by atoms with Crippen LogP contribution in [0.2, 0.25) is 0 Å². The number of hydrogen-bond donors (Lipinski definition) is 0. The Bertz CT molecular complexity index is 4120. The first-order chi connectivity index (χ1) is 35.5. The summed E-state index contributed by atoms with van der Waals surface area (Å²) in [5, 5.41) is 5.26. The third-order valence-electron chi connectivity index (χ3n) is 17.8. The summed E-state index contributed by atoms with van der Waals surface area (Å²) in [7, 11) is 0. The molecule has 3 nitrogen and oxygen atoms in total. The van der Waals surface area contributed by atoms with Gasteiger partial charge in [-0.2, -0.15) is 0 Å². The Labute approximate surface area is 437 Å². The van der Waals surface area contributed by atoms with Crippen molar-refractivity contribution in [3.8, 4) is 11.1 Å². The van der Waals surface area contributed by atoms with E-state index in [4.69, 9.17) is 0 Å². The molecule has 2 aromatic heterocycles. The van der Waals surface area contributed by atoms with Crippen LogP contribution < -0.4 is 31.1 Å². The Morgan fingerprint density at radius 3 is 1.99 bits per heavy atom. The van der Waals surface area contributed by atoms with E-state index in [-0.39, 0.29) is 23.1 Å². The lowest BCUT2D eigenvalue weighted by atomic mass is 9.33. The van der Waals surface area contributed by atoms with Crippen molar-refractivity contribution in [1.82, 2.24) is 0 Å². The van der Waals surface area contributed by atoms with Crippen LogP contribution in [-0.2, 0) is 10.8 Å². The molecule has 0 saturated heterocycles. The molecule has 1 fully saturated rings. The van der Waals surface area contributed by atoms with Crippen molar-refractivity contribution in [2.24, 2.45) is 0 Å². The molecule has 2 atom stereocenters. The van der Waals surface area contributed by atoms with Gasteiger partial charge in [-0.25, -0.2) is 0 Å². The predicted molar refractivity (Wildman–Crippen MR) is 318 cm³/mol. The van der Waals surface area contributed by atoms with Crippen molar-refractivity contribution in [2.45, 2.75) is 83.6 Å². The second-order valence-electron chi connectivity index (χ2n) is 22.9. The summed E-state index contributed by atoms with van der Waals surface area (Å²) in [6.07, 6.45) is 4.84. The summed E-state index contributed by atoms with van der Waals surface area (Å²) in [4.78, 5) is 8.06. The molecule has 9 aromatic carbocycles. The van der Waals surface area contributed by atoms with E-state index in [0.717, 1.165) is 6.42 Å². The molecule has 0 bridgehead atoms. The first-order valence-corrected chi connectivity index (χ1v) is 28.0. The van der Waals surface area contributed by atoms with Gasteiger partial charge in [0, 0.05) is 85.6 Å². The molecule has 0 N–H and O–H groups in total. The first kappa shape index (κ1) is 43.5. The minimum Gasteiger partial charge on any atom is -0.334 e. The van der Waals surface area contributed by atoms with E-state index in [0.29, 0.717) is 0 Å². The normalized spacial score (nSPS) is 18.9. The number of fused-ring (bicyclic) bond motifs is 13. The molecule has 6 heteroatoms. The lowest BCUT2D eigenvalue weighted by molar-refractivity contribution is 0.195. The maximum Gasteiger partial charge on any atom is 0.252 e. The third kappa shape index (κ3) is 6.11. The van der Waals surface area contributed by atoms with Gasteiger partial charge < -0.3 is 14.7 Å². The van der Waals surface area contributed by atoms with E-state index in [1.807, 2.05) is 22.7 Å². The SMILES string of the molecule is Cc1cc2c3c(c1)N(c1cccc4sc5ccccc5c14)c1ccc(-c4ccccc4)cc1B3c1ccc(N3c4ccc(C(C)(C)C)cc4C4(C)CCCCC34C)cc1N2c1ccc2c(c1)sc1ccccc12. The zero-order valence-electron chi connectivity index (χ0n) is 42.4. The topological polar surface area (TPSA) is 9.72 Å². The second kappa shape index (κ2) is 15.5. The smallest absolute Gasteiger partial charge is 0.252 e. The fourth-order valence-electron chi connectivity index (χ4n) is 14.0. The van der Waals surface area contributed by atoms with Crippen LogP contribution in [0.4, 0.5) is 45.5 Å². The van der Waals surface area contributed by atoms with Crippen molar-refractivity contribution in [3.05, 3.63) is 199 Å². The zero-order valence-corrected chi connectivity index (χ0v) is 44.0. The van der Waals surface area contributed by atoms with Crippen molar-refractivity contribution in [3.63, 3.8) is 0 Å². The van der Waals surface area contributed by atoms with Crippen molar-refractivity contribution < 1.29 is 0 Å². The fraction of sp³-hybridized carbons (Fsp3) is 0.194. The van der Waals surface area contributed by atoms with Gasteiger partial charge in [0.15, 0.2) is 0 Å². The maximum absolute atomic E-state index is 2.79. The van der Waals surface area contributed by atoms with Crippen molar-refractivity contribution >= 4 is 132 Å². The summed E-state index contributed by atoms with van der Waals surface area (Å²) < 4.78 is 5.26. The molecule has 354 valence electrons. The number of anilines is 8. The van der Waals surface area contributed by atoms with Gasteiger partial charge in [-0.15, -0.1) is 22.7 Å². The number of thiophene rings is 2. The van der Waals surface area contributed by atoms with E-state index in [1.165, 1.54) is 149 Å². The highest BCUT2D eigenvalue weighted by Crippen LogP contribution is 2.62. The Hall–Kier alpha value is -7.12. The lowest BCUT2D eigenvalue weighted by Crippen LogP contribution is -2.61. The summed E-state index contributed by atoms with van der Waals surface area (Å²) in [5.74, 6) is 0. The van der Waals surface area contributed by atoms with Gasteiger partial charge >= 0.3 is 0 Å². The highest BCUT2D eigenvalue weighted by molar-refractivity contribution is 7.26. The molecule has 1 aliphatic carbocycles. The Morgan fingerprint density at radius 1 is 0.479 bits per heavy atom. The summed E-state index contributed by atoms with van der Waals surface area (Å²) in [6.45, 7) is 14.5. The third-order valence-corrected chi connectivity index (χ3v) is 20.0. The van der Waals surface area contributed by atoms with Gasteiger partial charge in [-0.05, 0) is 149 Å². The van der Waals surface area contributed by atoms with Crippen molar-refractivity contribution in [1.29, 1.82) is 0 Å². The summed E-state index contributed by atoms with van der Waals surface area (Å²) in [6, 6.07) is 70.3. The Kier molecular flexibility index (Phi) is 9.20. The van der Waals surface area contributed by atoms with Gasteiger partial charge in [0.05, 0.1) is 11.2 Å². The van der Waals surface area contributed by atoms with Crippen LogP contribution in [0.25, 0.3) is 51.5 Å². The molecular weight excluding hydrogens is 922 g/mol. The van der Waals surface area contributed by atoms with Gasteiger partial charge in [0.25, 0.3) is 6.71 Å². The number of aryl methyl sites for hydroxylation is 1. The zero-order chi connectivity index (χ0) is 49.1. The maximum atomic E-state index is 2.79. The van der Waals surface area contributed by atoms with Crippen LogP contribution in [0.5, 0.6) is 0 Å². The molecule has 0 amide bonds. The summed E-state index contributed by atoms with van der Waals surface area (Å²) >= 11 is 3.80. The van der Waals surface area contributed by atoms with Gasteiger partial charge in [-0.1, -0.05) is 150 Å². The molecule has 2 unspecified atom stereocenters. The van der Waals surface area contributed by atoms with Crippen molar-refractivity contribution in [2.75, 3.05) is 14.7 Å². The van der Waals surface area contributed by atoms with Gasteiger partial charge in [0.2, 0.25) is 0 Å². The molecule has 4 aliphatic rings. The first-order valence-electron chi connectivity index (χ1n) is 26.3. The highest BCUT2D eigenvalue weighted by Gasteiger charge is 2.58. The van der Waals surface area contributed by atoms with E-state index in [2.05, 4.69) is 238 Å². The molecular formula is C67H56BN3S2. The highest BCUT2D eigenvalue weighted by atomic mass is 32.1. The van der Waals surface area contributed by atoms with Gasteiger partial charge in [0.1, 0.15) is 0 Å². The average Bonchev–Trinajstić information content (AvgIpc) is 4.05. The molecule has 73 heavy (non-hydrogen) atoms. The van der Waals surface area contributed by atoms with E-state index >= 15 is 0 Å².